The fourth-order valence-electron chi connectivity index (χ4n) is 2.77. The Morgan fingerprint density at radius 2 is 2.00 bits per heavy atom. The Bertz CT molecular complexity index is 593. The molecule has 0 aliphatic heterocycles. The van der Waals surface area contributed by atoms with Crippen LogP contribution < -0.4 is 0 Å². The molecule has 2 aromatic rings. The van der Waals surface area contributed by atoms with E-state index >= 15 is 0 Å². The number of nitrogens with zero attached hydrogens (tertiary/aromatic N) is 2. The van der Waals surface area contributed by atoms with Crippen molar-refractivity contribution in [2.45, 2.75) is 64.3 Å². The van der Waals surface area contributed by atoms with Crippen LogP contribution in [0.15, 0.2) is 23.1 Å². The summed E-state index contributed by atoms with van der Waals surface area (Å²) in [7, 11) is 0. The zero-order chi connectivity index (χ0) is 14.9. The first kappa shape index (κ1) is 15.4. The van der Waals surface area contributed by atoms with E-state index in [0.29, 0.717) is 5.92 Å². The summed E-state index contributed by atoms with van der Waals surface area (Å²) >= 11 is 4.43. The minimum absolute atomic E-state index is 0.0573. The maximum atomic E-state index is 4.87. The predicted molar refractivity (Wildman–Crippen MR) is 89.8 cm³/mol. The molecule has 0 fully saturated rings. The SMILES string of the molecule is CCCC(C)Cn1c(C(C)(C)C)nc2cc(S)ccc21. The standard InChI is InChI=1S/C17H26N2S/c1-6-7-12(2)11-19-15-9-8-13(20)10-14(15)18-16(19)17(3,4)5/h8-10,12,20H,6-7,11H2,1-5H3. The second-order valence-corrected chi connectivity index (χ2v) is 7.38. The second-order valence-electron chi connectivity index (χ2n) is 6.86. The third-order valence-electron chi connectivity index (χ3n) is 3.68. The van der Waals surface area contributed by atoms with Crippen LogP contribution in [0.2, 0.25) is 0 Å². The number of benzene rings is 1. The average molecular weight is 290 g/mol. The molecule has 0 aliphatic carbocycles. The molecule has 110 valence electrons. The van der Waals surface area contributed by atoms with Crippen LogP contribution in [-0.4, -0.2) is 9.55 Å². The van der Waals surface area contributed by atoms with E-state index in [2.05, 4.69) is 70.0 Å². The number of thiol groups is 1. The zero-order valence-corrected chi connectivity index (χ0v) is 14.2. The Balaban J connectivity index is 2.53. The molecule has 2 rings (SSSR count). The van der Waals surface area contributed by atoms with E-state index in [1.54, 1.807) is 0 Å². The van der Waals surface area contributed by atoms with Crippen LogP contribution >= 0.6 is 12.6 Å². The van der Waals surface area contributed by atoms with Gasteiger partial charge in [-0.2, -0.15) is 0 Å². The lowest BCUT2D eigenvalue weighted by molar-refractivity contribution is 0.417. The summed E-state index contributed by atoms with van der Waals surface area (Å²) in [6.45, 7) is 12.3. The van der Waals surface area contributed by atoms with Crippen molar-refractivity contribution in [1.29, 1.82) is 0 Å². The predicted octanol–water partition coefficient (Wildman–Crippen LogP) is 5.06. The van der Waals surface area contributed by atoms with Crippen LogP contribution in [-0.2, 0) is 12.0 Å². The molecule has 1 heterocycles. The Labute approximate surface area is 128 Å². The Kier molecular flexibility index (Phi) is 4.48. The lowest BCUT2D eigenvalue weighted by Crippen LogP contribution is -2.21. The Hall–Kier alpha value is -0.960. The minimum Gasteiger partial charge on any atom is -0.327 e. The van der Waals surface area contributed by atoms with Crippen molar-refractivity contribution in [1.82, 2.24) is 9.55 Å². The van der Waals surface area contributed by atoms with E-state index in [4.69, 9.17) is 4.98 Å². The van der Waals surface area contributed by atoms with E-state index in [1.165, 1.54) is 24.2 Å². The van der Waals surface area contributed by atoms with Gasteiger partial charge >= 0.3 is 0 Å². The quantitative estimate of drug-likeness (QED) is 0.779. The van der Waals surface area contributed by atoms with Gasteiger partial charge in [0, 0.05) is 16.9 Å². The van der Waals surface area contributed by atoms with E-state index in [9.17, 15) is 0 Å². The number of imidazole rings is 1. The molecule has 1 atom stereocenters. The first-order valence-corrected chi connectivity index (χ1v) is 7.97. The summed E-state index contributed by atoms with van der Waals surface area (Å²) in [6, 6.07) is 6.27. The van der Waals surface area contributed by atoms with E-state index in [0.717, 1.165) is 17.0 Å². The molecule has 1 unspecified atom stereocenters. The van der Waals surface area contributed by atoms with Crippen molar-refractivity contribution in [2.24, 2.45) is 5.92 Å². The van der Waals surface area contributed by atoms with Crippen LogP contribution in [0.25, 0.3) is 11.0 Å². The van der Waals surface area contributed by atoms with Crippen molar-refractivity contribution < 1.29 is 0 Å². The molecule has 0 N–H and O–H groups in total. The zero-order valence-electron chi connectivity index (χ0n) is 13.3. The van der Waals surface area contributed by atoms with Crippen LogP contribution in [0, 0.1) is 5.92 Å². The topological polar surface area (TPSA) is 17.8 Å². The van der Waals surface area contributed by atoms with Crippen molar-refractivity contribution in [3.8, 4) is 0 Å². The van der Waals surface area contributed by atoms with Gasteiger partial charge in [-0.1, -0.05) is 41.0 Å². The lowest BCUT2D eigenvalue weighted by atomic mass is 9.95. The molecule has 1 aromatic heterocycles. The number of aromatic nitrogens is 2. The van der Waals surface area contributed by atoms with Crippen molar-refractivity contribution >= 4 is 23.7 Å². The monoisotopic (exact) mass is 290 g/mol. The highest BCUT2D eigenvalue weighted by molar-refractivity contribution is 7.80. The lowest BCUT2D eigenvalue weighted by Gasteiger charge is -2.22. The highest BCUT2D eigenvalue weighted by atomic mass is 32.1. The summed E-state index contributed by atoms with van der Waals surface area (Å²) in [5, 5.41) is 0. The van der Waals surface area contributed by atoms with Crippen LogP contribution in [0.5, 0.6) is 0 Å². The normalized spacial score (nSPS) is 13.9. The van der Waals surface area contributed by atoms with Crippen LogP contribution in [0.1, 0.15) is 53.3 Å². The fraction of sp³-hybridized carbons (Fsp3) is 0.588. The number of hydrogen-bond donors (Lipinski definition) is 1. The third-order valence-corrected chi connectivity index (χ3v) is 3.96. The molecule has 20 heavy (non-hydrogen) atoms. The molecule has 2 nitrogen and oxygen atoms in total. The third kappa shape index (κ3) is 3.20. The Morgan fingerprint density at radius 1 is 1.30 bits per heavy atom. The first-order valence-electron chi connectivity index (χ1n) is 7.52. The van der Waals surface area contributed by atoms with Gasteiger partial charge in [0.1, 0.15) is 5.82 Å². The van der Waals surface area contributed by atoms with Gasteiger partial charge in [-0.3, -0.25) is 0 Å². The summed E-state index contributed by atoms with van der Waals surface area (Å²) < 4.78 is 2.41. The molecule has 0 aliphatic rings. The molecule has 1 aromatic carbocycles. The van der Waals surface area contributed by atoms with Crippen LogP contribution in [0.4, 0.5) is 0 Å². The molecule has 0 bridgehead atoms. The maximum absolute atomic E-state index is 4.87. The molecule has 0 amide bonds. The van der Waals surface area contributed by atoms with Gasteiger partial charge in [-0.05, 0) is 30.5 Å². The highest BCUT2D eigenvalue weighted by Crippen LogP contribution is 2.29. The maximum Gasteiger partial charge on any atom is 0.115 e. The number of rotatable bonds is 4. The summed E-state index contributed by atoms with van der Waals surface area (Å²) in [4.78, 5) is 5.85. The summed E-state index contributed by atoms with van der Waals surface area (Å²) in [5.74, 6) is 1.85. The number of hydrogen-bond acceptors (Lipinski definition) is 2. The van der Waals surface area contributed by atoms with Crippen LogP contribution in [0.3, 0.4) is 0 Å². The molecular weight excluding hydrogens is 264 g/mol. The Morgan fingerprint density at radius 3 is 2.60 bits per heavy atom. The number of fused-ring (bicyclic) bond motifs is 1. The second kappa shape index (κ2) is 5.80. The van der Waals surface area contributed by atoms with Gasteiger partial charge in [-0.25, -0.2) is 4.98 Å². The molecule has 0 saturated heterocycles. The highest BCUT2D eigenvalue weighted by Gasteiger charge is 2.23. The molecule has 0 radical (unpaired) electrons. The fourth-order valence-corrected chi connectivity index (χ4v) is 2.97. The molecule has 0 spiro atoms. The first-order chi connectivity index (χ1) is 9.32. The summed E-state index contributed by atoms with van der Waals surface area (Å²) in [6.07, 6.45) is 2.49. The average Bonchev–Trinajstić information content (AvgIpc) is 2.67. The van der Waals surface area contributed by atoms with E-state index in [-0.39, 0.29) is 5.41 Å². The molecule has 3 heteroatoms. The van der Waals surface area contributed by atoms with Gasteiger partial charge in [-0.15, -0.1) is 12.6 Å². The largest absolute Gasteiger partial charge is 0.327 e. The summed E-state index contributed by atoms with van der Waals surface area (Å²) in [5.41, 5.74) is 2.35. The van der Waals surface area contributed by atoms with E-state index in [1.807, 2.05) is 0 Å². The van der Waals surface area contributed by atoms with Crippen molar-refractivity contribution in [3.05, 3.63) is 24.0 Å². The van der Waals surface area contributed by atoms with Gasteiger partial charge in [0.2, 0.25) is 0 Å². The van der Waals surface area contributed by atoms with Gasteiger partial charge in [0.05, 0.1) is 11.0 Å². The van der Waals surface area contributed by atoms with Gasteiger partial charge in [0.25, 0.3) is 0 Å². The van der Waals surface area contributed by atoms with Gasteiger partial charge < -0.3 is 4.57 Å². The molecular formula is C17H26N2S. The van der Waals surface area contributed by atoms with Crippen molar-refractivity contribution in [2.75, 3.05) is 0 Å². The smallest absolute Gasteiger partial charge is 0.115 e. The van der Waals surface area contributed by atoms with Gasteiger partial charge in [0.15, 0.2) is 0 Å². The molecule has 0 saturated carbocycles. The van der Waals surface area contributed by atoms with Crippen molar-refractivity contribution in [3.63, 3.8) is 0 Å². The minimum atomic E-state index is 0.0573. The van der Waals surface area contributed by atoms with E-state index < -0.39 is 0 Å².